The van der Waals surface area contributed by atoms with Crippen molar-refractivity contribution in [2.24, 2.45) is 0 Å². The SMILES string of the molecule is CC1=C(C(=O)O)C(c2ccccc2Cl)C(C(=O)OCCCc2ccccc2)=C(C)N1. The van der Waals surface area contributed by atoms with E-state index in [0.29, 0.717) is 28.4 Å². The minimum absolute atomic E-state index is 0.0879. The van der Waals surface area contributed by atoms with Gasteiger partial charge in [0.25, 0.3) is 0 Å². The summed E-state index contributed by atoms with van der Waals surface area (Å²) in [6, 6.07) is 16.9. The highest BCUT2D eigenvalue weighted by Crippen LogP contribution is 2.41. The molecule has 2 aromatic carbocycles. The number of hydrogen-bond acceptors (Lipinski definition) is 4. The van der Waals surface area contributed by atoms with Crippen molar-refractivity contribution in [3.05, 3.63) is 93.3 Å². The molecule has 1 heterocycles. The minimum atomic E-state index is -1.10. The Labute approximate surface area is 181 Å². The van der Waals surface area contributed by atoms with Crippen molar-refractivity contribution < 1.29 is 19.4 Å². The molecule has 0 fully saturated rings. The molecule has 3 rings (SSSR count). The molecule has 0 saturated carbocycles. The monoisotopic (exact) mass is 425 g/mol. The molecule has 156 valence electrons. The van der Waals surface area contributed by atoms with E-state index in [-0.39, 0.29) is 17.8 Å². The first-order valence-corrected chi connectivity index (χ1v) is 10.1. The maximum Gasteiger partial charge on any atom is 0.336 e. The Balaban J connectivity index is 1.83. The van der Waals surface area contributed by atoms with Gasteiger partial charge in [-0.2, -0.15) is 0 Å². The summed E-state index contributed by atoms with van der Waals surface area (Å²) < 4.78 is 5.53. The van der Waals surface area contributed by atoms with Gasteiger partial charge in [-0.3, -0.25) is 0 Å². The van der Waals surface area contributed by atoms with Crippen LogP contribution >= 0.6 is 11.6 Å². The van der Waals surface area contributed by atoms with Crippen LogP contribution in [0.2, 0.25) is 5.02 Å². The molecule has 0 amide bonds. The molecule has 0 aliphatic carbocycles. The second kappa shape index (κ2) is 9.63. The summed E-state index contributed by atoms with van der Waals surface area (Å²) in [6.07, 6.45) is 1.46. The van der Waals surface area contributed by atoms with Gasteiger partial charge in [0.2, 0.25) is 0 Å². The van der Waals surface area contributed by atoms with Gasteiger partial charge in [-0.1, -0.05) is 60.1 Å². The largest absolute Gasteiger partial charge is 0.478 e. The number of hydrogen-bond donors (Lipinski definition) is 2. The predicted molar refractivity (Wildman–Crippen MR) is 116 cm³/mol. The summed E-state index contributed by atoms with van der Waals surface area (Å²) in [5.74, 6) is -2.45. The van der Waals surface area contributed by atoms with Gasteiger partial charge in [0.05, 0.1) is 23.7 Å². The van der Waals surface area contributed by atoms with Gasteiger partial charge in [0.15, 0.2) is 0 Å². The number of carbonyl (C=O) groups is 2. The second-order valence-corrected chi connectivity index (χ2v) is 7.59. The Bertz CT molecular complexity index is 1010. The standard InChI is InChI=1S/C24H24ClNO4/c1-15-20(23(27)28)22(18-12-6-7-13-19(18)25)21(16(2)26-15)24(29)30-14-8-11-17-9-4-3-5-10-17/h3-7,9-10,12-13,22,26H,8,11,14H2,1-2H3,(H,27,28). The van der Waals surface area contributed by atoms with Crippen LogP contribution in [0.25, 0.3) is 0 Å². The second-order valence-electron chi connectivity index (χ2n) is 7.19. The van der Waals surface area contributed by atoms with E-state index < -0.39 is 17.9 Å². The Morgan fingerprint density at radius 3 is 2.30 bits per heavy atom. The predicted octanol–water partition coefficient (Wildman–Crippen LogP) is 4.84. The molecule has 1 aliphatic heterocycles. The molecule has 1 unspecified atom stereocenters. The van der Waals surface area contributed by atoms with Crippen molar-refractivity contribution >= 4 is 23.5 Å². The lowest BCUT2D eigenvalue weighted by molar-refractivity contribution is -0.139. The number of carbonyl (C=O) groups excluding carboxylic acids is 1. The molecule has 2 aromatic rings. The molecule has 1 aliphatic rings. The molecule has 2 N–H and O–H groups in total. The van der Waals surface area contributed by atoms with Crippen LogP contribution in [0.5, 0.6) is 0 Å². The first-order valence-electron chi connectivity index (χ1n) is 9.77. The fraction of sp³-hybridized carbons (Fsp3) is 0.250. The van der Waals surface area contributed by atoms with Crippen molar-refractivity contribution in [3.63, 3.8) is 0 Å². The van der Waals surface area contributed by atoms with Crippen LogP contribution in [0.1, 0.15) is 37.3 Å². The van der Waals surface area contributed by atoms with E-state index in [2.05, 4.69) is 5.32 Å². The number of ether oxygens (including phenoxy) is 1. The summed E-state index contributed by atoms with van der Waals surface area (Å²) in [5, 5.41) is 13.3. The number of esters is 1. The number of aryl methyl sites for hydroxylation is 1. The molecule has 5 nitrogen and oxygen atoms in total. The van der Waals surface area contributed by atoms with Gasteiger partial charge in [-0.05, 0) is 43.9 Å². The van der Waals surface area contributed by atoms with E-state index in [1.807, 2.05) is 30.3 Å². The van der Waals surface area contributed by atoms with Crippen molar-refractivity contribution in [2.75, 3.05) is 6.61 Å². The lowest BCUT2D eigenvalue weighted by atomic mass is 9.80. The topological polar surface area (TPSA) is 75.6 Å². The van der Waals surface area contributed by atoms with Gasteiger partial charge in [0.1, 0.15) is 0 Å². The van der Waals surface area contributed by atoms with E-state index in [1.165, 1.54) is 5.56 Å². The number of rotatable bonds is 7. The summed E-state index contributed by atoms with van der Waals surface area (Å²) >= 11 is 6.38. The number of halogens is 1. The van der Waals surface area contributed by atoms with Gasteiger partial charge >= 0.3 is 11.9 Å². The molecule has 30 heavy (non-hydrogen) atoms. The molecule has 0 spiro atoms. The normalized spacial score (nSPS) is 16.3. The van der Waals surface area contributed by atoms with Gasteiger partial charge in [0, 0.05) is 16.4 Å². The van der Waals surface area contributed by atoms with E-state index in [9.17, 15) is 14.7 Å². The number of aliphatic carboxylic acids is 1. The molecule has 1 atom stereocenters. The summed E-state index contributed by atoms with van der Waals surface area (Å²) in [7, 11) is 0. The highest BCUT2D eigenvalue weighted by molar-refractivity contribution is 6.31. The molecule has 0 saturated heterocycles. The average molecular weight is 426 g/mol. The lowest BCUT2D eigenvalue weighted by Crippen LogP contribution is -2.32. The Morgan fingerprint density at radius 1 is 1.00 bits per heavy atom. The maximum absolute atomic E-state index is 13.0. The average Bonchev–Trinajstić information content (AvgIpc) is 2.71. The molecule has 6 heteroatoms. The van der Waals surface area contributed by atoms with E-state index >= 15 is 0 Å². The fourth-order valence-corrected chi connectivity index (χ4v) is 3.98. The minimum Gasteiger partial charge on any atom is -0.478 e. The van der Waals surface area contributed by atoms with Crippen LogP contribution in [0.15, 0.2) is 77.1 Å². The maximum atomic E-state index is 13.0. The van der Waals surface area contributed by atoms with Crippen molar-refractivity contribution in [2.45, 2.75) is 32.6 Å². The zero-order valence-corrected chi connectivity index (χ0v) is 17.7. The number of benzene rings is 2. The zero-order valence-electron chi connectivity index (χ0n) is 16.9. The highest BCUT2D eigenvalue weighted by atomic mass is 35.5. The Morgan fingerprint density at radius 2 is 1.63 bits per heavy atom. The molecule has 0 aromatic heterocycles. The van der Waals surface area contributed by atoms with Crippen LogP contribution in [0.3, 0.4) is 0 Å². The van der Waals surface area contributed by atoms with Crippen LogP contribution in [0, 0.1) is 0 Å². The smallest absolute Gasteiger partial charge is 0.336 e. The third-order valence-corrected chi connectivity index (χ3v) is 5.46. The number of nitrogens with one attached hydrogen (secondary N) is 1. The zero-order chi connectivity index (χ0) is 21.7. The number of dihydropyridines is 1. The molecular weight excluding hydrogens is 402 g/mol. The van der Waals surface area contributed by atoms with Crippen molar-refractivity contribution in [1.29, 1.82) is 0 Å². The van der Waals surface area contributed by atoms with E-state index in [1.54, 1.807) is 38.1 Å². The third kappa shape index (κ3) is 4.74. The summed E-state index contributed by atoms with van der Waals surface area (Å²) in [5.41, 5.74) is 3.13. The van der Waals surface area contributed by atoms with Crippen molar-refractivity contribution in [1.82, 2.24) is 5.32 Å². The first kappa shape index (κ1) is 21.7. The number of carboxylic acid groups (broad SMARTS) is 1. The Kier molecular flexibility index (Phi) is 6.95. The first-order chi connectivity index (χ1) is 14.4. The van der Waals surface area contributed by atoms with Crippen LogP contribution in [0.4, 0.5) is 0 Å². The van der Waals surface area contributed by atoms with Gasteiger partial charge in [-0.25, -0.2) is 9.59 Å². The third-order valence-electron chi connectivity index (χ3n) is 5.11. The number of carboxylic acids is 1. The Hall–Kier alpha value is -3.05. The number of allylic oxidation sites excluding steroid dienone is 2. The highest BCUT2D eigenvalue weighted by Gasteiger charge is 2.38. The molecule has 0 radical (unpaired) electrons. The summed E-state index contributed by atoms with van der Waals surface area (Å²) in [4.78, 5) is 25.0. The quantitative estimate of drug-likeness (QED) is 0.490. The van der Waals surface area contributed by atoms with Crippen LogP contribution < -0.4 is 5.32 Å². The lowest BCUT2D eigenvalue weighted by Gasteiger charge is -2.30. The van der Waals surface area contributed by atoms with Gasteiger partial charge in [-0.15, -0.1) is 0 Å². The molecular formula is C24H24ClNO4. The molecule has 0 bridgehead atoms. The van der Waals surface area contributed by atoms with Crippen molar-refractivity contribution in [3.8, 4) is 0 Å². The summed E-state index contributed by atoms with van der Waals surface area (Å²) in [6.45, 7) is 3.66. The van der Waals surface area contributed by atoms with Crippen LogP contribution in [-0.4, -0.2) is 23.7 Å². The van der Waals surface area contributed by atoms with Crippen LogP contribution in [-0.2, 0) is 20.7 Å². The van der Waals surface area contributed by atoms with E-state index in [4.69, 9.17) is 16.3 Å². The van der Waals surface area contributed by atoms with Gasteiger partial charge < -0.3 is 15.2 Å². The van der Waals surface area contributed by atoms with E-state index in [0.717, 1.165) is 6.42 Å². The fourth-order valence-electron chi connectivity index (χ4n) is 3.73.